The SMILES string of the molecule is COc1cnc(Cl)cc1N1CC(CC(=O)N2Cc3c(C(F)F)nc4c(c3C2)CCC4)C1. The molecule has 2 aliphatic heterocycles. The highest BCUT2D eigenvalue weighted by Crippen LogP contribution is 2.39. The van der Waals surface area contributed by atoms with Crippen LogP contribution in [0.15, 0.2) is 12.3 Å². The first-order chi connectivity index (χ1) is 14.9. The summed E-state index contributed by atoms with van der Waals surface area (Å²) < 4.78 is 32.5. The third-order valence-corrected chi connectivity index (χ3v) is 6.74. The number of ether oxygens (including phenoxy) is 1. The van der Waals surface area contributed by atoms with Crippen LogP contribution in [-0.4, -0.2) is 41.0 Å². The number of aromatic nitrogens is 2. The molecule has 0 bridgehead atoms. The van der Waals surface area contributed by atoms with Crippen LogP contribution in [0.25, 0.3) is 0 Å². The van der Waals surface area contributed by atoms with Crippen molar-refractivity contribution in [2.75, 3.05) is 25.1 Å². The molecule has 6 nitrogen and oxygen atoms in total. The Kier molecular flexibility index (Phi) is 5.20. The van der Waals surface area contributed by atoms with Gasteiger partial charge in [0.1, 0.15) is 10.8 Å². The maximum Gasteiger partial charge on any atom is 0.280 e. The lowest BCUT2D eigenvalue weighted by Crippen LogP contribution is -2.48. The molecule has 0 radical (unpaired) electrons. The highest BCUT2D eigenvalue weighted by atomic mass is 35.5. The van der Waals surface area contributed by atoms with Crippen LogP contribution >= 0.6 is 11.6 Å². The van der Waals surface area contributed by atoms with Crippen LogP contribution in [0, 0.1) is 5.92 Å². The number of alkyl halides is 2. The van der Waals surface area contributed by atoms with Crippen LogP contribution in [-0.2, 0) is 30.7 Å². The summed E-state index contributed by atoms with van der Waals surface area (Å²) in [6.07, 6.45) is 1.92. The van der Waals surface area contributed by atoms with Gasteiger partial charge in [0.05, 0.1) is 19.0 Å². The predicted molar refractivity (Wildman–Crippen MR) is 112 cm³/mol. The molecule has 0 aromatic carbocycles. The van der Waals surface area contributed by atoms with Gasteiger partial charge in [-0.1, -0.05) is 11.6 Å². The Morgan fingerprint density at radius 3 is 2.77 bits per heavy atom. The largest absolute Gasteiger partial charge is 0.493 e. The molecule has 4 heterocycles. The summed E-state index contributed by atoms with van der Waals surface area (Å²) in [7, 11) is 1.58. The maximum absolute atomic E-state index is 13.6. The molecular formula is C22H23ClF2N4O2. The van der Waals surface area contributed by atoms with E-state index in [4.69, 9.17) is 16.3 Å². The van der Waals surface area contributed by atoms with Gasteiger partial charge in [-0.25, -0.2) is 13.8 Å². The highest BCUT2D eigenvalue weighted by Gasteiger charge is 2.36. The first-order valence-corrected chi connectivity index (χ1v) is 10.9. The van der Waals surface area contributed by atoms with Crippen molar-refractivity contribution < 1.29 is 18.3 Å². The molecule has 0 N–H and O–H groups in total. The lowest BCUT2D eigenvalue weighted by molar-refractivity contribution is -0.133. The summed E-state index contributed by atoms with van der Waals surface area (Å²) in [6, 6.07) is 1.76. The molecule has 5 rings (SSSR count). The van der Waals surface area contributed by atoms with Gasteiger partial charge in [-0.05, 0) is 30.4 Å². The van der Waals surface area contributed by atoms with Crippen molar-refractivity contribution in [3.05, 3.63) is 45.5 Å². The number of carbonyl (C=O) groups is 1. The van der Waals surface area contributed by atoms with E-state index in [1.165, 1.54) is 0 Å². The van der Waals surface area contributed by atoms with Gasteiger partial charge in [-0.2, -0.15) is 0 Å². The number of methoxy groups -OCH3 is 1. The third kappa shape index (κ3) is 3.60. The van der Waals surface area contributed by atoms with E-state index in [0.29, 0.717) is 42.5 Å². The molecular weight excluding hydrogens is 426 g/mol. The van der Waals surface area contributed by atoms with Crippen LogP contribution in [0.1, 0.15) is 47.3 Å². The molecule has 2 aromatic heterocycles. The zero-order chi connectivity index (χ0) is 21.7. The van der Waals surface area contributed by atoms with Gasteiger partial charge >= 0.3 is 0 Å². The molecule has 1 amide bonds. The first-order valence-electron chi connectivity index (χ1n) is 10.5. The van der Waals surface area contributed by atoms with Crippen molar-refractivity contribution in [2.24, 2.45) is 5.92 Å². The Morgan fingerprint density at radius 2 is 2.03 bits per heavy atom. The van der Waals surface area contributed by atoms with Crippen LogP contribution in [0.5, 0.6) is 5.75 Å². The Balaban J connectivity index is 1.25. The number of anilines is 1. The number of hydrogen-bond acceptors (Lipinski definition) is 5. The van der Waals surface area contributed by atoms with E-state index in [0.717, 1.165) is 41.8 Å². The molecule has 1 saturated heterocycles. The second-order valence-electron chi connectivity index (χ2n) is 8.44. The monoisotopic (exact) mass is 448 g/mol. The number of nitrogens with zero attached hydrogens (tertiary/aromatic N) is 4. The third-order valence-electron chi connectivity index (χ3n) is 6.53. The summed E-state index contributed by atoms with van der Waals surface area (Å²) in [5, 5.41) is 0.390. The Morgan fingerprint density at radius 1 is 1.26 bits per heavy atom. The van der Waals surface area contributed by atoms with Crippen molar-refractivity contribution in [1.29, 1.82) is 0 Å². The van der Waals surface area contributed by atoms with E-state index in [-0.39, 0.29) is 24.1 Å². The molecule has 0 atom stereocenters. The first kappa shape index (κ1) is 20.4. The summed E-state index contributed by atoms with van der Waals surface area (Å²) in [6.45, 7) is 2.08. The van der Waals surface area contributed by atoms with Gasteiger partial charge in [-0.3, -0.25) is 9.78 Å². The van der Waals surface area contributed by atoms with Crippen molar-refractivity contribution in [3.63, 3.8) is 0 Å². The number of fused-ring (bicyclic) bond motifs is 3. The molecule has 164 valence electrons. The van der Waals surface area contributed by atoms with Crippen molar-refractivity contribution in [2.45, 2.75) is 45.2 Å². The number of carbonyl (C=O) groups excluding carboxylic acids is 1. The molecule has 3 aliphatic rings. The van der Waals surface area contributed by atoms with E-state index >= 15 is 0 Å². The van der Waals surface area contributed by atoms with Gasteiger partial charge in [0, 0.05) is 55.8 Å². The number of amides is 1. The minimum Gasteiger partial charge on any atom is -0.493 e. The average Bonchev–Trinajstić information content (AvgIpc) is 3.35. The van der Waals surface area contributed by atoms with Gasteiger partial charge < -0.3 is 14.5 Å². The lowest BCUT2D eigenvalue weighted by atomic mass is 9.95. The minimum absolute atomic E-state index is 0.00698. The zero-order valence-corrected chi connectivity index (χ0v) is 18.0. The fourth-order valence-corrected chi connectivity index (χ4v) is 5.12. The van der Waals surface area contributed by atoms with E-state index in [2.05, 4.69) is 14.9 Å². The predicted octanol–water partition coefficient (Wildman–Crippen LogP) is 3.93. The minimum atomic E-state index is -2.61. The fraction of sp³-hybridized carbons (Fsp3) is 0.500. The van der Waals surface area contributed by atoms with Gasteiger partial charge in [-0.15, -0.1) is 0 Å². The smallest absolute Gasteiger partial charge is 0.280 e. The summed E-state index contributed by atoms with van der Waals surface area (Å²) in [5.74, 6) is 0.851. The second kappa shape index (κ2) is 7.89. The molecule has 9 heteroatoms. The van der Waals surface area contributed by atoms with Gasteiger partial charge in [0.2, 0.25) is 5.91 Å². The quantitative estimate of drug-likeness (QED) is 0.648. The lowest BCUT2D eigenvalue weighted by Gasteiger charge is -2.41. The normalized spacial score (nSPS) is 17.7. The molecule has 1 aliphatic carbocycles. The Bertz CT molecular complexity index is 1040. The van der Waals surface area contributed by atoms with E-state index < -0.39 is 6.43 Å². The van der Waals surface area contributed by atoms with Crippen LogP contribution in [0.2, 0.25) is 5.15 Å². The van der Waals surface area contributed by atoms with E-state index in [9.17, 15) is 13.6 Å². The molecule has 0 spiro atoms. The molecule has 2 aromatic rings. The molecule has 31 heavy (non-hydrogen) atoms. The molecule has 0 saturated carbocycles. The number of rotatable bonds is 5. The van der Waals surface area contributed by atoms with Crippen LogP contribution in [0.3, 0.4) is 0 Å². The van der Waals surface area contributed by atoms with Crippen molar-refractivity contribution in [1.82, 2.24) is 14.9 Å². The number of hydrogen-bond donors (Lipinski definition) is 0. The van der Waals surface area contributed by atoms with Crippen LogP contribution < -0.4 is 9.64 Å². The Hall–Kier alpha value is -2.48. The number of halogens is 3. The van der Waals surface area contributed by atoms with Crippen LogP contribution in [0.4, 0.5) is 14.5 Å². The zero-order valence-electron chi connectivity index (χ0n) is 17.2. The van der Waals surface area contributed by atoms with Gasteiger partial charge in [0.25, 0.3) is 6.43 Å². The molecule has 0 unspecified atom stereocenters. The second-order valence-corrected chi connectivity index (χ2v) is 8.82. The maximum atomic E-state index is 13.6. The average molecular weight is 449 g/mol. The van der Waals surface area contributed by atoms with Crippen molar-refractivity contribution >= 4 is 23.2 Å². The van der Waals surface area contributed by atoms with E-state index in [1.807, 2.05) is 0 Å². The standard InChI is InChI=1S/C22H23ClF2N4O2/c1-31-18-7-26-19(23)6-17(18)28-8-12(9-28)5-20(30)29-10-14-13-3-2-4-16(13)27-21(22(24)25)15(14)11-29/h6-7,12,22H,2-5,8-11H2,1H3. The summed E-state index contributed by atoms with van der Waals surface area (Å²) >= 11 is 6.01. The number of aryl methyl sites for hydroxylation is 1. The fourth-order valence-electron chi connectivity index (χ4n) is 4.97. The molecule has 1 fully saturated rings. The summed E-state index contributed by atoms with van der Waals surface area (Å²) in [5.41, 5.74) is 4.09. The Labute approximate surface area is 184 Å². The van der Waals surface area contributed by atoms with Crippen molar-refractivity contribution in [3.8, 4) is 5.75 Å². The number of pyridine rings is 2. The summed E-state index contributed by atoms with van der Waals surface area (Å²) in [4.78, 5) is 25.1. The topological polar surface area (TPSA) is 58.6 Å². The highest BCUT2D eigenvalue weighted by molar-refractivity contribution is 6.29. The van der Waals surface area contributed by atoms with Gasteiger partial charge in [0.15, 0.2) is 5.75 Å². The van der Waals surface area contributed by atoms with E-state index in [1.54, 1.807) is 24.3 Å².